The Balaban J connectivity index is 1.55. The number of fused-ring (bicyclic) bond motifs is 1. The molecule has 172 valence electrons. The molecule has 0 spiro atoms. The number of hydrogen-bond acceptors (Lipinski definition) is 7. The Bertz CT molecular complexity index is 1320. The van der Waals surface area contributed by atoms with Crippen LogP contribution in [0.1, 0.15) is 15.9 Å². The Labute approximate surface area is 191 Å². The van der Waals surface area contributed by atoms with E-state index in [9.17, 15) is 13.2 Å². The lowest BCUT2D eigenvalue weighted by Crippen LogP contribution is -2.16. The molecule has 0 saturated carbocycles. The van der Waals surface area contributed by atoms with Crippen LogP contribution >= 0.6 is 0 Å². The zero-order valence-electron chi connectivity index (χ0n) is 18.2. The SMILES string of the molecule is COc1cc(C)c(NC(=O)c2cccc(S(=O)(=O)Nc3ccc4c(c3)OCO4)c2)cc1OC. The largest absolute Gasteiger partial charge is 0.493 e. The Hall–Kier alpha value is -3.92. The number of aryl methyl sites for hydroxylation is 1. The highest BCUT2D eigenvalue weighted by molar-refractivity contribution is 7.92. The summed E-state index contributed by atoms with van der Waals surface area (Å²) in [7, 11) is -0.923. The van der Waals surface area contributed by atoms with Crippen molar-refractivity contribution >= 4 is 27.3 Å². The molecule has 0 aromatic heterocycles. The van der Waals surface area contributed by atoms with E-state index in [1.807, 2.05) is 6.92 Å². The van der Waals surface area contributed by atoms with Gasteiger partial charge in [0.05, 0.1) is 24.8 Å². The standard InChI is InChI=1S/C23H22N2O7S/c1-14-9-20(29-2)21(30-3)12-18(14)24-23(26)15-5-4-6-17(10-15)33(27,28)25-16-7-8-19-22(11-16)32-13-31-19/h4-12,25H,13H2,1-3H3,(H,24,26). The summed E-state index contributed by atoms with van der Waals surface area (Å²) in [5, 5.41) is 2.79. The molecule has 3 aromatic rings. The molecule has 0 bridgehead atoms. The van der Waals surface area contributed by atoms with Crippen molar-refractivity contribution in [1.82, 2.24) is 0 Å². The molecule has 2 N–H and O–H groups in total. The predicted molar refractivity (Wildman–Crippen MR) is 122 cm³/mol. The molecule has 9 nitrogen and oxygen atoms in total. The van der Waals surface area contributed by atoms with Gasteiger partial charge in [-0.25, -0.2) is 8.42 Å². The van der Waals surface area contributed by atoms with Gasteiger partial charge < -0.3 is 24.3 Å². The highest BCUT2D eigenvalue weighted by atomic mass is 32.2. The third-order valence-electron chi connectivity index (χ3n) is 5.01. The van der Waals surface area contributed by atoms with Crippen LogP contribution in [-0.2, 0) is 10.0 Å². The summed E-state index contributed by atoms with van der Waals surface area (Å²) in [6.45, 7) is 1.90. The van der Waals surface area contributed by atoms with Gasteiger partial charge >= 0.3 is 0 Å². The molecule has 1 heterocycles. The number of ether oxygens (including phenoxy) is 4. The molecule has 0 unspecified atom stereocenters. The maximum atomic E-state index is 12.9. The zero-order chi connectivity index (χ0) is 23.6. The molecule has 0 atom stereocenters. The second kappa shape index (κ2) is 8.91. The summed E-state index contributed by atoms with van der Waals surface area (Å²) < 4.78 is 49.4. The Morgan fingerprint density at radius 1 is 0.939 bits per heavy atom. The number of sulfonamides is 1. The van der Waals surface area contributed by atoms with Crippen LogP contribution in [0.5, 0.6) is 23.0 Å². The fraction of sp³-hybridized carbons (Fsp3) is 0.174. The maximum Gasteiger partial charge on any atom is 0.261 e. The second-order valence-electron chi connectivity index (χ2n) is 7.18. The molecule has 1 aliphatic heterocycles. The third-order valence-corrected chi connectivity index (χ3v) is 6.39. The van der Waals surface area contributed by atoms with Crippen molar-refractivity contribution in [2.75, 3.05) is 31.1 Å². The van der Waals surface area contributed by atoms with Crippen molar-refractivity contribution in [3.05, 3.63) is 65.7 Å². The van der Waals surface area contributed by atoms with E-state index < -0.39 is 15.9 Å². The molecule has 0 saturated heterocycles. The van der Waals surface area contributed by atoms with Crippen molar-refractivity contribution in [2.45, 2.75) is 11.8 Å². The van der Waals surface area contributed by atoms with Crippen molar-refractivity contribution in [3.63, 3.8) is 0 Å². The topological polar surface area (TPSA) is 112 Å². The van der Waals surface area contributed by atoms with Gasteiger partial charge in [-0.2, -0.15) is 0 Å². The number of hydrogen-bond donors (Lipinski definition) is 2. The number of carbonyl (C=O) groups excluding carboxylic acids is 1. The summed E-state index contributed by atoms with van der Waals surface area (Å²) in [5.74, 6) is 1.53. The van der Waals surface area contributed by atoms with Crippen LogP contribution in [-0.4, -0.2) is 35.3 Å². The number of amides is 1. The molecular formula is C23H22N2O7S. The van der Waals surface area contributed by atoms with Crippen molar-refractivity contribution < 1.29 is 32.2 Å². The molecule has 33 heavy (non-hydrogen) atoms. The summed E-state index contributed by atoms with van der Waals surface area (Å²) in [5.41, 5.74) is 1.77. The van der Waals surface area contributed by atoms with Gasteiger partial charge in [-0.3, -0.25) is 9.52 Å². The monoisotopic (exact) mass is 470 g/mol. The van der Waals surface area contributed by atoms with E-state index in [-0.39, 0.29) is 17.3 Å². The first-order valence-electron chi connectivity index (χ1n) is 9.87. The van der Waals surface area contributed by atoms with Crippen LogP contribution < -0.4 is 29.0 Å². The molecular weight excluding hydrogens is 448 g/mol. The van der Waals surface area contributed by atoms with Crippen molar-refractivity contribution in [2.24, 2.45) is 0 Å². The zero-order valence-corrected chi connectivity index (χ0v) is 19.0. The highest BCUT2D eigenvalue weighted by Gasteiger charge is 2.20. The molecule has 0 fully saturated rings. The molecule has 4 rings (SSSR count). The van der Waals surface area contributed by atoms with Crippen molar-refractivity contribution in [1.29, 1.82) is 0 Å². The van der Waals surface area contributed by atoms with Gasteiger partial charge in [0, 0.05) is 23.4 Å². The maximum absolute atomic E-state index is 12.9. The summed E-state index contributed by atoms with van der Waals surface area (Å²) in [4.78, 5) is 12.8. The quantitative estimate of drug-likeness (QED) is 0.540. The van der Waals surface area contributed by atoms with Gasteiger partial charge in [-0.05, 0) is 48.9 Å². The lowest BCUT2D eigenvalue weighted by atomic mass is 10.1. The average Bonchev–Trinajstić information content (AvgIpc) is 3.27. The van der Waals surface area contributed by atoms with Crippen LogP contribution in [0, 0.1) is 6.92 Å². The number of methoxy groups -OCH3 is 2. The number of anilines is 2. The van der Waals surface area contributed by atoms with Gasteiger partial charge in [-0.15, -0.1) is 0 Å². The fourth-order valence-electron chi connectivity index (χ4n) is 3.29. The molecule has 3 aromatic carbocycles. The lowest BCUT2D eigenvalue weighted by molar-refractivity contribution is 0.102. The van der Waals surface area contributed by atoms with Crippen LogP contribution in [0.3, 0.4) is 0 Å². The van der Waals surface area contributed by atoms with Crippen molar-refractivity contribution in [3.8, 4) is 23.0 Å². The van der Waals surface area contributed by atoms with Crippen LogP contribution in [0.4, 0.5) is 11.4 Å². The van der Waals surface area contributed by atoms with E-state index in [1.54, 1.807) is 24.3 Å². The lowest BCUT2D eigenvalue weighted by Gasteiger charge is -2.14. The number of nitrogens with one attached hydrogen (secondary N) is 2. The predicted octanol–water partition coefficient (Wildman–Crippen LogP) is 3.79. The van der Waals surface area contributed by atoms with Gasteiger partial charge in [0.25, 0.3) is 15.9 Å². The van der Waals surface area contributed by atoms with Gasteiger partial charge in [0.1, 0.15) is 0 Å². The first-order valence-corrected chi connectivity index (χ1v) is 11.4. The van der Waals surface area contributed by atoms with E-state index in [2.05, 4.69) is 10.0 Å². The van der Waals surface area contributed by atoms with Gasteiger partial charge in [0.15, 0.2) is 23.0 Å². The number of rotatable bonds is 7. The summed E-state index contributed by atoms with van der Waals surface area (Å²) in [6.07, 6.45) is 0. The van der Waals surface area contributed by atoms with E-state index >= 15 is 0 Å². The van der Waals surface area contributed by atoms with Crippen LogP contribution in [0.15, 0.2) is 59.5 Å². The molecule has 1 aliphatic rings. The first kappa shape index (κ1) is 22.3. The fourth-order valence-corrected chi connectivity index (χ4v) is 4.38. The average molecular weight is 471 g/mol. The van der Waals surface area contributed by atoms with E-state index in [1.165, 1.54) is 44.6 Å². The van der Waals surface area contributed by atoms with E-state index in [4.69, 9.17) is 18.9 Å². The minimum absolute atomic E-state index is 0.0585. The van der Waals surface area contributed by atoms with Gasteiger partial charge in [-0.1, -0.05) is 6.07 Å². The Morgan fingerprint density at radius 2 is 1.67 bits per heavy atom. The van der Waals surface area contributed by atoms with Crippen LogP contribution in [0.2, 0.25) is 0 Å². The summed E-state index contributed by atoms with van der Waals surface area (Å²) >= 11 is 0. The minimum atomic E-state index is -3.95. The number of carbonyl (C=O) groups is 1. The molecule has 0 aliphatic carbocycles. The third kappa shape index (κ3) is 4.65. The molecule has 10 heteroatoms. The Morgan fingerprint density at radius 3 is 2.42 bits per heavy atom. The van der Waals surface area contributed by atoms with Gasteiger partial charge in [0.2, 0.25) is 6.79 Å². The minimum Gasteiger partial charge on any atom is -0.493 e. The molecule has 0 radical (unpaired) electrons. The summed E-state index contributed by atoms with van der Waals surface area (Å²) in [6, 6.07) is 13.9. The van der Waals surface area contributed by atoms with Crippen LogP contribution in [0.25, 0.3) is 0 Å². The van der Waals surface area contributed by atoms with E-state index in [0.717, 1.165) is 5.56 Å². The second-order valence-corrected chi connectivity index (χ2v) is 8.86. The smallest absolute Gasteiger partial charge is 0.261 e. The first-order chi connectivity index (χ1) is 15.8. The Kier molecular flexibility index (Phi) is 6.01. The molecule has 1 amide bonds. The normalized spacial score (nSPS) is 12.2. The highest BCUT2D eigenvalue weighted by Crippen LogP contribution is 2.35. The number of benzene rings is 3. The van der Waals surface area contributed by atoms with E-state index in [0.29, 0.717) is 34.4 Å².